The number of pyridine rings is 1. The Morgan fingerprint density at radius 1 is 1.12 bits per heavy atom. The van der Waals surface area contributed by atoms with Gasteiger partial charge in [-0.25, -0.2) is 0 Å². The SMILES string of the molecule is Cn1cccc1[C@H](O)CN[C@H](Cc1ccc(Cl)cc1)c1ccccn1. The monoisotopic (exact) mass is 355 g/mol. The highest BCUT2D eigenvalue weighted by atomic mass is 35.5. The molecule has 25 heavy (non-hydrogen) atoms. The third-order valence-electron chi connectivity index (χ3n) is 4.28. The molecular weight excluding hydrogens is 334 g/mol. The molecule has 0 radical (unpaired) electrons. The van der Waals surface area contributed by atoms with Crippen molar-refractivity contribution in [2.75, 3.05) is 6.54 Å². The lowest BCUT2D eigenvalue weighted by atomic mass is 10.0. The van der Waals surface area contributed by atoms with Crippen LogP contribution in [0.1, 0.15) is 29.1 Å². The summed E-state index contributed by atoms with van der Waals surface area (Å²) >= 11 is 5.98. The van der Waals surface area contributed by atoms with Crippen LogP contribution in [0.5, 0.6) is 0 Å². The van der Waals surface area contributed by atoms with Crippen LogP contribution in [0, 0.1) is 0 Å². The summed E-state index contributed by atoms with van der Waals surface area (Å²) in [5.41, 5.74) is 3.01. The lowest BCUT2D eigenvalue weighted by Crippen LogP contribution is -2.29. The number of aliphatic hydroxyl groups is 1. The van der Waals surface area contributed by atoms with E-state index in [1.54, 1.807) is 6.20 Å². The largest absolute Gasteiger partial charge is 0.386 e. The molecule has 0 aliphatic heterocycles. The summed E-state index contributed by atoms with van der Waals surface area (Å²) in [7, 11) is 1.93. The van der Waals surface area contributed by atoms with E-state index in [2.05, 4.69) is 10.3 Å². The average molecular weight is 356 g/mol. The Bertz CT molecular complexity index is 786. The zero-order valence-corrected chi connectivity index (χ0v) is 14.9. The van der Waals surface area contributed by atoms with E-state index in [1.165, 1.54) is 5.56 Å². The Labute approximate surface area is 153 Å². The predicted octanol–water partition coefficient (Wildman–Crippen LogP) is 3.68. The number of benzene rings is 1. The van der Waals surface area contributed by atoms with Crippen LogP contribution in [0.3, 0.4) is 0 Å². The number of aliphatic hydroxyl groups excluding tert-OH is 1. The smallest absolute Gasteiger partial charge is 0.106 e. The predicted molar refractivity (Wildman–Crippen MR) is 101 cm³/mol. The lowest BCUT2D eigenvalue weighted by Gasteiger charge is -2.21. The van der Waals surface area contributed by atoms with E-state index in [4.69, 9.17) is 11.6 Å². The van der Waals surface area contributed by atoms with Crippen LogP contribution in [-0.4, -0.2) is 21.2 Å². The van der Waals surface area contributed by atoms with Crippen LogP contribution >= 0.6 is 11.6 Å². The van der Waals surface area contributed by atoms with Gasteiger partial charge in [0.25, 0.3) is 0 Å². The Morgan fingerprint density at radius 3 is 2.56 bits per heavy atom. The first-order valence-electron chi connectivity index (χ1n) is 8.31. The van der Waals surface area contributed by atoms with Crippen LogP contribution in [-0.2, 0) is 13.5 Å². The first-order chi connectivity index (χ1) is 12.1. The van der Waals surface area contributed by atoms with Crippen molar-refractivity contribution in [3.05, 3.63) is 89.0 Å². The van der Waals surface area contributed by atoms with Crippen LogP contribution in [0.2, 0.25) is 5.02 Å². The number of aromatic nitrogens is 2. The van der Waals surface area contributed by atoms with Crippen molar-refractivity contribution in [1.82, 2.24) is 14.9 Å². The van der Waals surface area contributed by atoms with E-state index in [-0.39, 0.29) is 6.04 Å². The molecule has 0 amide bonds. The van der Waals surface area contributed by atoms with Crippen LogP contribution in [0.25, 0.3) is 0 Å². The fourth-order valence-corrected chi connectivity index (χ4v) is 3.02. The number of halogens is 1. The molecular formula is C20H22ClN3O. The molecule has 2 heterocycles. The molecule has 0 spiro atoms. The van der Waals surface area contributed by atoms with Gasteiger partial charge in [0, 0.05) is 36.7 Å². The maximum absolute atomic E-state index is 10.5. The Morgan fingerprint density at radius 2 is 1.92 bits per heavy atom. The second-order valence-electron chi connectivity index (χ2n) is 6.11. The van der Waals surface area contributed by atoms with Gasteiger partial charge in [-0.05, 0) is 48.4 Å². The molecule has 1 aromatic carbocycles. The van der Waals surface area contributed by atoms with Crippen molar-refractivity contribution in [2.45, 2.75) is 18.6 Å². The molecule has 4 nitrogen and oxygen atoms in total. The van der Waals surface area contributed by atoms with Gasteiger partial charge in [0.05, 0.1) is 11.7 Å². The van der Waals surface area contributed by atoms with Crippen molar-refractivity contribution in [2.24, 2.45) is 7.05 Å². The topological polar surface area (TPSA) is 50.1 Å². The molecule has 2 atom stereocenters. The minimum absolute atomic E-state index is 0.0114. The lowest BCUT2D eigenvalue weighted by molar-refractivity contribution is 0.161. The maximum Gasteiger partial charge on any atom is 0.106 e. The molecule has 0 aliphatic rings. The molecule has 0 saturated heterocycles. The van der Waals surface area contributed by atoms with Crippen LogP contribution in [0.4, 0.5) is 0 Å². The second-order valence-corrected chi connectivity index (χ2v) is 6.54. The highest BCUT2D eigenvalue weighted by molar-refractivity contribution is 6.30. The first-order valence-corrected chi connectivity index (χ1v) is 8.69. The van der Waals surface area contributed by atoms with Gasteiger partial charge in [0.15, 0.2) is 0 Å². The third kappa shape index (κ3) is 4.69. The van der Waals surface area contributed by atoms with E-state index in [9.17, 15) is 5.11 Å². The number of aryl methyl sites for hydroxylation is 1. The molecule has 0 fully saturated rings. The van der Waals surface area contributed by atoms with Gasteiger partial charge < -0.3 is 15.0 Å². The summed E-state index contributed by atoms with van der Waals surface area (Å²) in [4.78, 5) is 4.48. The van der Waals surface area contributed by atoms with E-state index >= 15 is 0 Å². The summed E-state index contributed by atoms with van der Waals surface area (Å²) in [6, 6.07) is 17.6. The van der Waals surface area contributed by atoms with Crippen molar-refractivity contribution >= 4 is 11.6 Å². The molecule has 5 heteroatoms. The highest BCUT2D eigenvalue weighted by Gasteiger charge is 2.17. The summed E-state index contributed by atoms with van der Waals surface area (Å²) < 4.78 is 1.93. The summed E-state index contributed by atoms with van der Waals surface area (Å²) in [5, 5.41) is 14.6. The molecule has 0 aliphatic carbocycles. The third-order valence-corrected chi connectivity index (χ3v) is 4.53. The van der Waals surface area contributed by atoms with Gasteiger partial charge in [0.1, 0.15) is 6.10 Å². The van der Waals surface area contributed by atoms with Gasteiger partial charge in [-0.2, -0.15) is 0 Å². The van der Waals surface area contributed by atoms with Gasteiger partial charge in [-0.1, -0.05) is 29.8 Å². The van der Waals surface area contributed by atoms with E-state index < -0.39 is 6.10 Å². The Balaban J connectivity index is 1.72. The van der Waals surface area contributed by atoms with Crippen molar-refractivity contribution in [1.29, 1.82) is 0 Å². The number of rotatable bonds is 7. The molecule has 3 rings (SSSR count). The minimum Gasteiger partial charge on any atom is -0.386 e. The van der Waals surface area contributed by atoms with Gasteiger partial charge in [-0.15, -0.1) is 0 Å². The number of nitrogens with zero attached hydrogens (tertiary/aromatic N) is 2. The molecule has 0 bridgehead atoms. The quantitative estimate of drug-likeness (QED) is 0.679. The molecule has 2 aromatic heterocycles. The fraction of sp³-hybridized carbons (Fsp3) is 0.250. The summed E-state index contributed by atoms with van der Waals surface area (Å²) in [6.45, 7) is 0.451. The Kier molecular flexibility index (Phi) is 5.87. The summed E-state index contributed by atoms with van der Waals surface area (Å²) in [5.74, 6) is 0. The van der Waals surface area contributed by atoms with Crippen LogP contribution in [0.15, 0.2) is 67.0 Å². The number of hydrogen-bond donors (Lipinski definition) is 2. The average Bonchev–Trinajstić information content (AvgIpc) is 3.07. The van der Waals surface area contributed by atoms with Crippen molar-refractivity contribution in [3.63, 3.8) is 0 Å². The minimum atomic E-state index is -0.573. The molecule has 3 aromatic rings. The molecule has 0 saturated carbocycles. The van der Waals surface area contributed by atoms with E-state index in [1.807, 2.05) is 72.4 Å². The molecule has 2 N–H and O–H groups in total. The van der Waals surface area contributed by atoms with E-state index in [0.717, 1.165) is 22.8 Å². The molecule has 130 valence electrons. The Hall–Kier alpha value is -2.14. The van der Waals surface area contributed by atoms with Crippen molar-refractivity contribution in [3.8, 4) is 0 Å². The zero-order valence-electron chi connectivity index (χ0n) is 14.1. The zero-order chi connectivity index (χ0) is 17.6. The van der Waals surface area contributed by atoms with Gasteiger partial charge >= 0.3 is 0 Å². The maximum atomic E-state index is 10.5. The normalized spacial score (nSPS) is 13.6. The number of hydrogen-bond acceptors (Lipinski definition) is 3. The number of nitrogens with one attached hydrogen (secondary N) is 1. The highest BCUT2D eigenvalue weighted by Crippen LogP contribution is 2.20. The fourth-order valence-electron chi connectivity index (χ4n) is 2.90. The van der Waals surface area contributed by atoms with Crippen LogP contribution < -0.4 is 5.32 Å². The summed E-state index contributed by atoms with van der Waals surface area (Å²) in [6.07, 6.45) is 3.92. The van der Waals surface area contributed by atoms with Gasteiger partial charge in [0.2, 0.25) is 0 Å². The van der Waals surface area contributed by atoms with Crippen molar-refractivity contribution < 1.29 is 5.11 Å². The molecule has 0 unspecified atom stereocenters. The second kappa shape index (κ2) is 8.30. The van der Waals surface area contributed by atoms with Gasteiger partial charge in [-0.3, -0.25) is 4.98 Å². The standard InChI is InChI=1S/C20H22ClN3O/c1-24-12-4-6-19(24)20(25)14-23-18(17-5-2-3-11-22-17)13-15-7-9-16(21)10-8-15/h2-12,18,20,23,25H,13-14H2,1H3/t18-,20-/m1/s1. The first kappa shape index (κ1) is 17.7. The van der Waals surface area contributed by atoms with E-state index in [0.29, 0.717) is 6.54 Å².